The van der Waals surface area contributed by atoms with Crippen LogP contribution in [0.15, 0.2) is 48.7 Å². The average molecular weight is 295 g/mol. The minimum Gasteiger partial charge on any atom is -0.384 e. The maximum absolute atomic E-state index is 7.68. The van der Waals surface area contributed by atoms with Crippen LogP contribution in [0.4, 0.5) is 5.82 Å². The Morgan fingerprint density at radius 3 is 2.45 bits per heavy atom. The fourth-order valence-electron chi connectivity index (χ4n) is 2.84. The van der Waals surface area contributed by atoms with Crippen LogP contribution in [0.1, 0.15) is 11.1 Å². The highest BCUT2D eigenvalue weighted by atomic mass is 15.3. The maximum atomic E-state index is 7.68. The SMILES string of the molecule is N=C(N)c1ccccc1CN1CCN(c2ccccn2)CC1. The number of benzene rings is 1. The molecular weight excluding hydrogens is 274 g/mol. The number of anilines is 1. The van der Waals surface area contributed by atoms with Crippen molar-refractivity contribution in [2.24, 2.45) is 5.73 Å². The third-order valence-corrected chi connectivity index (χ3v) is 4.05. The molecule has 3 rings (SSSR count). The molecule has 5 heteroatoms. The van der Waals surface area contributed by atoms with E-state index in [1.54, 1.807) is 0 Å². The minimum atomic E-state index is 0.141. The molecule has 0 bridgehead atoms. The summed E-state index contributed by atoms with van der Waals surface area (Å²) in [5, 5.41) is 7.68. The fourth-order valence-corrected chi connectivity index (χ4v) is 2.84. The summed E-state index contributed by atoms with van der Waals surface area (Å²) >= 11 is 0. The summed E-state index contributed by atoms with van der Waals surface area (Å²) in [7, 11) is 0. The van der Waals surface area contributed by atoms with Crippen LogP contribution in [0.3, 0.4) is 0 Å². The molecule has 1 aliphatic rings. The van der Waals surface area contributed by atoms with Gasteiger partial charge in [-0.3, -0.25) is 10.3 Å². The molecule has 2 heterocycles. The number of nitrogens with zero attached hydrogens (tertiary/aromatic N) is 3. The van der Waals surface area contributed by atoms with Crippen molar-refractivity contribution in [3.8, 4) is 0 Å². The lowest BCUT2D eigenvalue weighted by molar-refractivity contribution is 0.249. The number of aromatic nitrogens is 1. The predicted molar refractivity (Wildman–Crippen MR) is 89.2 cm³/mol. The minimum absolute atomic E-state index is 0.141. The van der Waals surface area contributed by atoms with Gasteiger partial charge in [0.15, 0.2) is 0 Å². The van der Waals surface area contributed by atoms with Crippen molar-refractivity contribution in [1.29, 1.82) is 5.41 Å². The lowest BCUT2D eigenvalue weighted by atomic mass is 10.1. The summed E-state index contributed by atoms with van der Waals surface area (Å²) in [6.45, 7) is 4.76. The van der Waals surface area contributed by atoms with Gasteiger partial charge in [0.2, 0.25) is 0 Å². The molecule has 0 atom stereocenters. The zero-order chi connectivity index (χ0) is 15.4. The Balaban J connectivity index is 1.62. The molecule has 1 aliphatic heterocycles. The molecule has 0 radical (unpaired) electrons. The second-order valence-corrected chi connectivity index (χ2v) is 5.52. The number of pyridine rings is 1. The molecule has 0 spiro atoms. The number of nitrogens with two attached hydrogens (primary N) is 1. The van der Waals surface area contributed by atoms with Crippen LogP contribution in [0.2, 0.25) is 0 Å². The number of amidine groups is 1. The van der Waals surface area contributed by atoms with Gasteiger partial charge < -0.3 is 10.6 Å². The van der Waals surface area contributed by atoms with Crippen molar-refractivity contribution in [1.82, 2.24) is 9.88 Å². The standard InChI is InChI=1S/C17H21N5/c18-17(19)15-6-2-1-5-14(15)13-21-9-11-22(12-10-21)16-7-3-4-8-20-16/h1-8H,9-13H2,(H3,18,19). The van der Waals surface area contributed by atoms with Gasteiger partial charge in [0.25, 0.3) is 0 Å². The number of nitrogens with one attached hydrogen (secondary N) is 1. The van der Waals surface area contributed by atoms with E-state index in [-0.39, 0.29) is 5.84 Å². The Labute approximate surface area is 130 Å². The summed E-state index contributed by atoms with van der Waals surface area (Å²) in [5.41, 5.74) is 7.63. The van der Waals surface area contributed by atoms with Gasteiger partial charge in [-0.1, -0.05) is 30.3 Å². The second kappa shape index (κ2) is 6.58. The highest BCUT2D eigenvalue weighted by molar-refractivity contribution is 5.96. The topological polar surface area (TPSA) is 69.2 Å². The van der Waals surface area contributed by atoms with Gasteiger partial charge in [-0.15, -0.1) is 0 Å². The molecule has 1 aromatic carbocycles. The van der Waals surface area contributed by atoms with Crippen molar-refractivity contribution in [2.75, 3.05) is 31.1 Å². The van der Waals surface area contributed by atoms with E-state index in [9.17, 15) is 0 Å². The maximum Gasteiger partial charge on any atom is 0.128 e. The molecule has 0 aliphatic carbocycles. The zero-order valence-corrected chi connectivity index (χ0v) is 12.6. The normalized spacial score (nSPS) is 15.7. The lowest BCUT2D eigenvalue weighted by Gasteiger charge is -2.35. The Hall–Kier alpha value is -2.40. The van der Waals surface area contributed by atoms with Gasteiger partial charge in [-0.2, -0.15) is 0 Å². The quantitative estimate of drug-likeness (QED) is 0.665. The molecule has 5 nitrogen and oxygen atoms in total. The summed E-state index contributed by atoms with van der Waals surface area (Å²) in [5.74, 6) is 1.19. The highest BCUT2D eigenvalue weighted by Crippen LogP contribution is 2.16. The largest absolute Gasteiger partial charge is 0.384 e. The third-order valence-electron chi connectivity index (χ3n) is 4.05. The lowest BCUT2D eigenvalue weighted by Crippen LogP contribution is -2.46. The van der Waals surface area contributed by atoms with Crippen LogP contribution in [0.25, 0.3) is 0 Å². The Bertz CT molecular complexity index is 633. The van der Waals surface area contributed by atoms with Gasteiger partial charge in [0, 0.05) is 44.5 Å². The number of piperazine rings is 1. The van der Waals surface area contributed by atoms with Gasteiger partial charge in [-0.05, 0) is 17.7 Å². The Morgan fingerprint density at radius 1 is 1.05 bits per heavy atom. The van der Waals surface area contributed by atoms with E-state index < -0.39 is 0 Å². The summed E-state index contributed by atoms with van der Waals surface area (Å²) < 4.78 is 0. The smallest absolute Gasteiger partial charge is 0.128 e. The second-order valence-electron chi connectivity index (χ2n) is 5.52. The molecule has 1 fully saturated rings. The van der Waals surface area contributed by atoms with E-state index in [1.807, 2.05) is 36.5 Å². The van der Waals surface area contributed by atoms with Crippen molar-refractivity contribution < 1.29 is 0 Å². The van der Waals surface area contributed by atoms with Gasteiger partial charge in [0.05, 0.1) is 0 Å². The number of rotatable bonds is 4. The van der Waals surface area contributed by atoms with E-state index in [1.165, 1.54) is 0 Å². The van der Waals surface area contributed by atoms with E-state index in [0.29, 0.717) is 0 Å². The molecular formula is C17H21N5. The highest BCUT2D eigenvalue weighted by Gasteiger charge is 2.18. The first kappa shape index (κ1) is 14.5. The molecule has 0 unspecified atom stereocenters. The van der Waals surface area contributed by atoms with Crippen LogP contribution < -0.4 is 10.6 Å². The monoisotopic (exact) mass is 295 g/mol. The summed E-state index contributed by atoms with van der Waals surface area (Å²) in [6.07, 6.45) is 1.84. The first-order chi connectivity index (χ1) is 10.7. The van der Waals surface area contributed by atoms with Gasteiger partial charge in [-0.25, -0.2) is 4.98 Å². The zero-order valence-electron chi connectivity index (χ0n) is 12.6. The van der Waals surface area contributed by atoms with Crippen LogP contribution in [-0.4, -0.2) is 41.9 Å². The molecule has 0 amide bonds. The van der Waals surface area contributed by atoms with E-state index >= 15 is 0 Å². The van der Waals surface area contributed by atoms with E-state index in [4.69, 9.17) is 11.1 Å². The van der Waals surface area contributed by atoms with E-state index in [2.05, 4.69) is 26.9 Å². The van der Waals surface area contributed by atoms with Gasteiger partial charge in [0.1, 0.15) is 11.7 Å². The first-order valence-corrected chi connectivity index (χ1v) is 7.54. The number of nitrogen functional groups attached to an aromatic ring is 1. The van der Waals surface area contributed by atoms with E-state index in [0.717, 1.165) is 49.7 Å². The fraction of sp³-hybridized carbons (Fsp3) is 0.294. The molecule has 114 valence electrons. The van der Waals surface area contributed by atoms with Crippen LogP contribution >= 0.6 is 0 Å². The molecule has 0 saturated carbocycles. The predicted octanol–water partition coefficient (Wildman–Crippen LogP) is 1.69. The van der Waals surface area contributed by atoms with Gasteiger partial charge >= 0.3 is 0 Å². The summed E-state index contributed by atoms with van der Waals surface area (Å²) in [4.78, 5) is 9.13. The number of hydrogen-bond acceptors (Lipinski definition) is 4. The van der Waals surface area contributed by atoms with Crippen LogP contribution in [-0.2, 0) is 6.54 Å². The molecule has 3 N–H and O–H groups in total. The molecule has 1 saturated heterocycles. The Kier molecular flexibility index (Phi) is 4.34. The Morgan fingerprint density at radius 2 is 1.77 bits per heavy atom. The summed E-state index contributed by atoms with van der Waals surface area (Å²) in [6, 6.07) is 13.9. The molecule has 22 heavy (non-hydrogen) atoms. The van der Waals surface area contributed by atoms with Crippen molar-refractivity contribution >= 4 is 11.7 Å². The third kappa shape index (κ3) is 3.26. The van der Waals surface area contributed by atoms with Crippen molar-refractivity contribution in [3.05, 3.63) is 59.8 Å². The average Bonchev–Trinajstić information content (AvgIpc) is 2.57. The van der Waals surface area contributed by atoms with Crippen LogP contribution in [0.5, 0.6) is 0 Å². The number of hydrogen-bond donors (Lipinski definition) is 2. The molecule has 1 aromatic heterocycles. The van der Waals surface area contributed by atoms with Crippen molar-refractivity contribution in [3.63, 3.8) is 0 Å². The van der Waals surface area contributed by atoms with Crippen LogP contribution in [0, 0.1) is 5.41 Å². The first-order valence-electron chi connectivity index (χ1n) is 7.54. The molecule has 2 aromatic rings. The van der Waals surface area contributed by atoms with Crippen molar-refractivity contribution in [2.45, 2.75) is 6.54 Å².